The molecule has 39 heavy (non-hydrogen) atoms. The van der Waals surface area contributed by atoms with Crippen LogP contribution < -0.4 is 11.5 Å². The van der Waals surface area contributed by atoms with E-state index in [1.807, 2.05) is 50.0 Å². The lowest BCUT2D eigenvalue weighted by Crippen LogP contribution is -2.56. The largest absolute Gasteiger partial charge is 0.404 e. The van der Waals surface area contributed by atoms with E-state index in [-0.39, 0.29) is 24.0 Å². The molecule has 0 radical (unpaired) electrons. The number of aliphatic imine (C=N–C) groups is 1. The number of hydrogen-bond acceptors (Lipinski definition) is 5. The third-order valence-electron chi connectivity index (χ3n) is 8.44. The summed E-state index contributed by atoms with van der Waals surface area (Å²) in [6.45, 7) is 8.69. The summed E-state index contributed by atoms with van der Waals surface area (Å²) in [4.78, 5) is 20.0. The highest BCUT2D eigenvalue weighted by Crippen LogP contribution is 2.36. The molecule has 1 aliphatic heterocycles. The lowest BCUT2D eigenvalue weighted by Gasteiger charge is -2.47. The molecule has 4 N–H and O–H groups in total. The summed E-state index contributed by atoms with van der Waals surface area (Å²) in [5.41, 5.74) is 18.9. The molecule has 2 heterocycles. The number of rotatable bonds is 8. The molecular weight excluding hydrogens is 491 g/mol. The van der Waals surface area contributed by atoms with E-state index < -0.39 is 6.67 Å². The quantitative estimate of drug-likeness (QED) is 0.358. The Morgan fingerprint density at radius 3 is 2.56 bits per heavy atom. The number of alkyl halides is 1. The van der Waals surface area contributed by atoms with Crippen LogP contribution in [0, 0.1) is 12.8 Å². The van der Waals surface area contributed by atoms with Gasteiger partial charge in [0.25, 0.3) is 0 Å². The Labute approximate surface area is 231 Å². The summed E-state index contributed by atoms with van der Waals surface area (Å²) in [6, 6.07) is 5.76. The molecule has 8 heteroatoms. The lowest BCUT2D eigenvalue weighted by atomic mass is 9.80. The number of likely N-dealkylation sites (tertiary alicyclic amines) is 1. The van der Waals surface area contributed by atoms with Crippen LogP contribution in [0.1, 0.15) is 75.3 Å². The molecule has 0 bridgehead atoms. The predicted octanol–water partition coefficient (Wildman–Crippen LogP) is 5.21. The molecule has 1 atom stereocenters. The average molecular weight is 535 g/mol. The smallest absolute Gasteiger partial charge is 0.226 e. The maximum absolute atomic E-state index is 13.3. The third-order valence-corrected chi connectivity index (χ3v) is 8.44. The molecule has 1 amide bonds. The minimum atomic E-state index is -0.497. The zero-order chi connectivity index (χ0) is 28.3. The van der Waals surface area contributed by atoms with Gasteiger partial charge in [0.2, 0.25) is 5.91 Å². The van der Waals surface area contributed by atoms with Crippen molar-refractivity contribution in [2.75, 3.05) is 6.54 Å². The monoisotopic (exact) mass is 534 g/mol. The third kappa shape index (κ3) is 5.71. The lowest BCUT2D eigenvalue weighted by molar-refractivity contribution is -0.146. The SMILES string of the molecule is C/C=C(/C(C=NC1CCN(C(=O)C2CCC2)C(C)(C)C1)=CN)c1c(CN)c(-c2ccc(CF)c(C)c2)nn1C. The Hall–Kier alpha value is -3.26. The number of halogens is 1. The van der Waals surface area contributed by atoms with E-state index in [9.17, 15) is 9.18 Å². The first-order chi connectivity index (χ1) is 18.6. The number of hydrogen-bond donors (Lipinski definition) is 2. The average Bonchev–Trinajstić information content (AvgIpc) is 3.20. The summed E-state index contributed by atoms with van der Waals surface area (Å²) >= 11 is 0. The van der Waals surface area contributed by atoms with Crippen molar-refractivity contribution >= 4 is 17.7 Å². The molecule has 2 fully saturated rings. The van der Waals surface area contributed by atoms with Crippen molar-refractivity contribution in [3.8, 4) is 11.3 Å². The minimum Gasteiger partial charge on any atom is -0.404 e. The fraction of sp³-hybridized carbons (Fsp3) is 0.516. The van der Waals surface area contributed by atoms with Crippen molar-refractivity contribution in [1.29, 1.82) is 0 Å². The van der Waals surface area contributed by atoms with Crippen LogP contribution in [-0.4, -0.2) is 44.9 Å². The Morgan fingerprint density at radius 2 is 2.03 bits per heavy atom. The van der Waals surface area contributed by atoms with Crippen molar-refractivity contribution in [2.45, 2.75) is 84.6 Å². The molecule has 1 aromatic carbocycles. The van der Waals surface area contributed by atoms with Crippen molar-refractivity contribution in [3.63, 3.8) is 0 Å². The number of piperidine rings is 1. The molecule has 7 nitrogen and oxygen atoms in total. The molecule has 1 saturated carbocycles. The number of aryl methyl sites for hydroxylation is 2. The van der Waals surface area contributed by atoms with Gasteiger partial charge < -0.3 is 16.4 Å². The first-order valence-corrected chi connectivity index (χ1v) is 14.0. The van der Waals surface area contributed by atoms with E-state index >= 15 is 0 Å². The van der Waals surface area contributed by atoms with E-state index in [0.29, 0.717) is 11.5 Å². The van der Waals surface area contributed by atoms with Crippen LogP contribution in [0.25, 0.3) is 16.8 Å². The number of carbonyl (C=O) groups excluding carboxylic acids is 1. The highest BCUT2D eigenvalue weighted by molar-refractivity contribution is 6.01. The molecule has 1 aromatic heterocycles. The van der Waals surface area contributed by atoms with Gasteiger partial charge in [0.1, 0.15) is 6.67 Å². The number of allylic oxidation sites excluding steroid dienone is 3. The van der Waals surface area contributed by atoms with Crippen LogP contribution in [-0.2, 0) is 25.1 Å². The Balaban J connectivity index is 1.57. The number of nitrogens with two attached hydrogens (primary N) is 2. The van der Waals surface area contributed by atoms with Gasteiger partial charge in [0, 0.05) is 66.3 Å². The topological polar surface area (TPSA) is 103 Å². The zero-order valence-corrected chi connectivity index (χ0v) is 24.0. The summed E-state index contributed by atoms with van der Waals surface area (Å²) < 4.78 is 15.1. The molecular formula is C31H43FN6O. The highest BCUT2D eigenvalue weighted by Gasteiger charge is 2.41. The summed E-state index contributed by atoms with van der Waals surface area (Å²) in [7, 11) is 1.90. The fourth-order valence-electron chi connectivity index (χ4n) is 5.93. The molecule has 4 rings (SSSR count). The summed E-state index contributed by atoms with van der Waals surface area (Å²) in [6.07, 6.45) is 10.3. The van der Waals surface area contributed by atoms with E-state index in [1.165, 1.54) is 0 Å². The maximum Gasteiger partial charge on any atom is 0.226 e. The predicted molar refractivity (Wildman–Crippen MR) is 157 cm³/mol. The minimum absolute atomic E-state index is 0.103. The molecule has 0 spiro atoms. The van der Waals surface area contributed by atoms with Gasteiger partial charge in [-0.05, 0) is 70.6 Å². The second kappa shape index (κ2) is 11.9. The molecule has 1 aliphatic carbocycles. The standard InChI is InChI=1S/C31H43FN6O/c1-6-26(29-27(18-34)28(36-37(29)5)22-10-11-23(16-32)20(2)14-22)24(17-33)19-35-25-12-13-38(31(3,4)15-25)30(39)21-8-7-9-21/h6,10-11,14,17,19,21,25H,7-9,12-13,15-16,18,33-34H2,1-5H3/b24-17?,26-6-,35-19?. The maximum atomic E-state index is 13.3. The number of amides is 1. The van der Waals surface area contributed by atoms with Gasteiger partial charge >= 0.3 is 0 Å². The van der Waals surface area contributed by atoms with Crippen molar-refractivity contribution < 1.29 is 9.18 Å². The van der Waals surface area contributed by atoms with E-state index in [2.05, 4.69) is 18.7 Å². The van der Waals surface area contributed by atoms with Gasteiger partial charge in [-0.25, -0.2) is 4.39 Å². The molecule has 210 valence electrons. The molecule has 2 aromatic rings. The van der Waals surface area contributed by atoms with Crippen molar-refractivity contribution in [1.82, 2.24) is 14.7 Å². The van der Waals surface area contributed by atoms with Crippen LogP contribution in [0.3, 0.4) is 0 Å². The van der Waals surface area contributed by atoms with Crippen LogP contribution in [0.4, 0.5) is 4.39 Å². The van der Waals surface area contributed by atoms with Crippen LogP contribution in [0.2, 0.25) is 0 Å². The van der Waals surface area contributed by atoms with Gasteiger partial charge in [-0.15, -0.1) is 0 Å². The first kappa shape index (κ1) is 28.7. The zero-order valence-electron chi connectivity index (χ0n) is 24.0. The first-order valence-electron chi connectivity index (χ1n) is 14.0. The Morgan fingerprint density at radius 1 is 1.28 bits per heavy atom. The number of aromatic nitrogens is 2. The normalized spacial score (nSPS) is 20.5. The number of carbonyl (C=O) groups is 1. The van der Waals surface area contributed by atoms with Gasteiger partial charge in [-0.1, -0.05) is 24.6 Å². The second-order valence-corrected chi connectivity index (χ2v) is 11.5. The fourth-order valence-corrected chi connectivity index (χ4v) is 5.93. The highest BCUT2D eigenvalue weighted by atomic mass is 19.1. The van der Waals surface area contributed by atoms with Gasteiger partial charge in [-0.2, -0.15) is 5.10 Å². The Bertz CT molecular complexity index is 1300. The van der Waals surface area contributed by atoms with Crippen molar-refractivity contribution in [3.05, 3.63) is 58.4 Å². The van der Waals surface area contributed by atoms with Gasteiger partial charge in [0.15, 0.2) is 0 Å². The summed E-state index contributed by atoms with van der Waals surface area (Å²) in [5, 5.41) is 4.81. The van der Waals surface area contributed by atoms with Crippen LogP contribution in [0.5, 0.6) is 0 Å². The van der Waals surface area contributed by atoms with Gasteiger partial charge in [0.05, 0.1) is 17.4 Å². The molecule has 1 unspecified atom stereocenters. The Kier molecular flexibility index (Phi) is 8.74. The number of nitrogens with zero attached hydrogens (tertiary/aromatic N) is 4. The van der Waals surface area contributed by atoms with Gasteiger partial charge in [-0.3, -0.25) is 14.5 Å². The molecule has 1 saturated heterocycles. The number of benzene rings is 1. The van der Waals surface area contributed by atoms with Crippen LogP contribution >= 0.6 is 0 Å². The van der Waals surface area contributed by atoms with E-state index in [1.54, 1.807) is 12.3 Å². The summed E-state index contributed by atoms with van der Waals surface area (Å²) in [5.74, 6) is 0.516. The second-order valence-electron chi connectivity index (χ2n) is 11.5. The van der Waals surface area contributed by atoms with E-state index in [0.717, 1.165) is 77.9 Å². The van der Waals surface area contributed by atoms with Crippen molar-refractivity contribution in [2.24, 2.45) is 29.4 Å². The molecule has 2 aliphatic rings. The van der Waals surface area contributed by atoms with Crippen LogP contribution in [0.15, 0.2) is 41.0 Å². The van der Waals surface area contributed by atoms with E-state index in [4.69, 9.17) is 21.6 Å².